The van der Waals surface area contributed by atoms with Crippen LogP contribution < -0.4 is 9.47 Å². The number of methoxy groups -OCH3 is 2. The van der Waals surface area contributed by atoms with Crippen LogP contribution in [0.1, 0.15) is 22.3 Å². The normalized spacial score (nSPS) is 11.2. The van der Waals surface area contributed by atoms with Crippen LogP contribution in [0.2, 0.25) is 0 Å². The summed E-state index contributed by atoms with van der Waals surface area (Å²) in [5, 5.41) is 0. The van der Waals surface area contributed by atoms with Crippen LogP contribution in [0.5, 0.6) is 11.5 Å². The Hall–Kier alpha value is -3.56. The van der Waals surface area contributed by atoms with Crippen molar-refractivity contribution in [1.82, 2.24) is 0 Å². The van der Waals surface area contributed by atoms with Gasteiger partial charge in [-0.2, -0.15) is 0 Å². The Bertz CT molecular complexity index is 1040. The zero-order valence-electron chi connectivity index (χ0n) is 18.5. The summed E-state index contributed by atoms with van der Waals surface area (Å²) in [7, 11) is 3.36. The van der Waals surface area contributed by atoms with Crippen molar-refractivity contribution in [2.45, 2.75) is 12.0 Å². The van der Waals surface area contributed by atoms with E-state index in [-0.39, 0.29) is 0 Å². The lowest BCUT2D eigenvalue weighted by atomic mass is 9.80. The molecule has 32 heavy (non-hydrogen) atoms. The van der Waals surface area contributed by atoms with Gasteiger partial charge in [-0.15, -0.1) is 0 Å². The third kappa shape index (κ3) is 4.53. The molecular formula is C29H28O3. The Kier molecular flexibility index (Phi) is 6.88. The van der Waals surface area contributed by atoms with E-state index in [4.69, 9.17) is 14.2 Å². The van der Waals surface area contributed by atoms with Crippen molar-refractivity contribution in [1.29, 1.82) is 0 Å². The van der Waals surface area contributed by atoms with Gasteiger partial charge < -0.3 is 14.2 Å². The molecule has 3 heteroatoms. The second kappa shape index (κ2) is 10.2. The van der Waals surface area contributed by atoms with Crippen LogP contribution in [0.25, 0.3) is 0 Å². The molecule has 0 heterocycles. The Morgan fingerprint density at radius 1 is 0.531 bits per heavy atom. The molecule has 4 aromatic rings. The van der Waals surface area contributed by atoms with Crippen molar-refractivity contribution in [2.75, 3.05) is 20.8 Å². The third-order valence-electron chi connectivity index (χ3n) is 5.73. The summed E-state index contributed by atoms with van der Waals surface area (Å²) in [4.78, 5) is 0. The smallest absolute Gasteiger partial charge is 0.143 e. The maximum absolute atomic E-state index is 6.86. The third-order valence-corrected chi connectivity index (χ3v) is 5.73. The lowest BCUT2D eigenvalue weighted by Crippen LogP contribution is -2.33. The average molecular weight is 425 g/mol. The molecule has 4 rings (SSSR count). The van der Waals surface area contributed by atoms with Gasteiger partial charge in [0.05, 0.1) is 20.8 Å². The summed E-state index contributed by atoms with van der Waals surface area (Å²) in [6, 6.07) is 37.1. The number of ether oxygens (including phenoxy) is 3. The van der Waals surface area contributed by atoms with Gasteiger partial charge >= 0.3 is 0 Å². The lowest BCUT2D eigenvalue weighted by Gasteiger charge is -2.36. The van der Waals surface area contributed by atoms with Gasteiger partial charge in [0, 0.05) is 0 Å². The van der Waals surface area contributed by atoms with Crippen molar-refractivity contribution in [3.63, 3.8) is 0 Å². The highest BCUT2D eigenvalue weighted by Gasteiger charge is 2.37. The Labute approximate surface area is 190 Å². The molecule has 0 aromatic heterocycles. The predicted octanol–water partition coefficient (Wildman–Crippen LogP) is 6.26. The molecule has 0 radical (unpaired) electrons. The van der Waals surface area contributed by atoms with Gasteiger partial charge in [0.25, 0.3) is 0 Å². The number of benzene rings is 4. The highest BCUT2D eigenvalue weighted by atomic mass is 16.5. The molecule has 3 nitrogen and oxygen atoms in total. The largest absolute Gasteiger partial charge is 0.497 e. The second-order valence-corrected chi connectivity index (χ2v) is 7.59. The predicted molar refractivity (Wildman–Crippen MR) is 128 cm³/mol. The second-order valence-electron chi connectivity index (χ2n) is 7.59. The molecule has 0 bridgehead atoms. The highest BCUT2D eigenvalue weighted by molar-refractivity contribution is 5.49. The molecule has 0 spiro atoms. The fourth-order valence-corrected chi connectivity index (χ4v) is 4.04. The van der Waals surface area contributed by atoms with Gasteiger partial charge in [0.15, 0.2) is 0 Å². The molecule has 0 saturated heterocycles. The summed E-state index contributed by atoms with van der Waals surface area (Å²) < 4.78 is 17.7. The minimum absolute atomic E-state index is 0.566. The van der Waals surface area contributed by atoms with Crippen LogP contribution in [-0.4, -0.2) is 20.8 Å². The van der Waals surface area contributed by atoms with Crippen LogP contribution in [0.3, 0.4) is 0 Å². The Balaban J connectivity index is 1.81. The van der Waals surface area contributed by atoms with Crippen molar-refractivity contribution >= 4 is 0 Å². The Morgan fingerprint density at radius 3 is 1.44 bits per heavy atom. The highest BCUT2D eigenvalue weighted by Crippen LogP contribution is 2.41. The summed E-state index contributed by atoms with van der Waals surface area (Å²) in [5.74, 6) is 1.63. The first kappa shape index (κ1) is 21.7. The van der Waals surface area contributed by atoms with Gasteiger partial charge in [0.1, 0.15) is 17.1 Å². The van der Waals surface area contributed by atoms with Crippen LogP contribution in [0.15, 0.2) is 109 Å². The summed E-state index contributed by atoms with van der Waals surface area (Å²) in [6.07, 6.45) is 0.821. The minimum Gasteiger partial charge on any atom is -0.497 e. The molecule has 0 amide bonds. The van der Waals surface area contributed by atoms with Crippen LogP contribution in [-0.2, 0) is 16.8 Å². The van der Waals surface area contributed by atoms with Gasteiger partial charge in [-0.25, -0.2) is 0 Å². The summed E-state index contributed by atoms with van der Waals surface area (Å²) in [5.41, 5.74) is 3.64. The van der Waals surface area contributed by atoms with E-state index in [1.807, 2.05) is 36.4 Å². The quantitative estimate of drug-likeness (QED) is 0.297. The van der Waals surface area contributed by atoms with Crippen LogP contribution in [0.4, 0.5) is 0 Å². The molecule has 0 saturated carbocycles. The van der Waals surface area contributed by atoms with Crippen LogP contribution in [0, 0.1) is 0 Å². The van der Waals surface area contributed by atoms with Gasteiger partial charge in [-0.1, -0.05) is 84.9 Å². The Morgan fingerprint density at radius 2 is 0.969 bits per heavy atom. The topological polar surface area (TPSA) is 27.7 Å². The molecule has 0 atom stereocenters. The van der Waals surface area contributed by atoms with Gasteiger partial charge in [0.2, 0.25) is 0 Å². The lowest BCUT2D eigenvalue weighted by molar-refractivity contribution is 0.0147. The molecule has 0 aliphatic heterocycles. The maximum atomic E-state index is 6.86. The first-order chi connectivity index (χ1) is 15.8. The number of hydrogen-bond acceptors (Lipinski definition) is 3. The van der Waals surface area contributed by atoms with Crippen molar-refractivity contribution < 1.29 is 14.2 Å². The van der Waals surface area contributed by atoms with E-state index in [0.29, 0.717) is 6.61 Å². The standard InChI is InChI=1S/C29H28O3/c1-30-27-17-13-25(14-18-27)29(24-11-7-4-8-12-24,26-15-19-28(31-2)20-16-26)32-22-21-23-9-5-3-6-10-23/h3-20H,21-22H2,1-2H3. The van der Waals surface area contributed by atoms with E-state index in [1.165, 1.54) is 5.56 Å². The van der Waals surface area contributed by atoms with Crippen molar-refractivity contribution in [3.05, 3.63) is 131 Å². The van der Waals surface area contributed by atoms with E-state index in [9.17, 15) is 0 Å². The molecular weight excluding hydrogens is 396 g/mol. The minimum atomic E-state index is -0.769. The fourth-order valence-electron chi connectivity index (χ4n) is 4.04. The molecule has 0 aliphatic carbocycles. The monoisotopic (exact) mass is 424 g/mol. The summed E-state index contributed by atoms with van der Waals surface area (Å²) in [6.45, 7) is 0.566. The SMILES string of the molecule is COc1ccc(C(OCCc2ccccc2)(c2ccccc2)c2ccc(OC)cc2)cc1. The van der Waals surface area contributed by atoms with Crippen molar-refractivity contribution in [3.8, 4) is 11.5 Å². The fraction of sp³-hybridized carbons (Fsp3) is 0.172. The first-order valence-corrected chi connectivity index (χ1v) is 10.8. The maximum Gasteiger partial charge on any atom is 0.143 e. The number of hydrogen-bond donors (Lipinski definition) is 0. The zero-order valence-corrected chi connectivity index (χ0v) is 18.5. The molecule has 0 fully saturated rings. The van der Waals surface area contributed by atoms with E-state index in [1.54, 1.807) is 14.2 Å². The van der Waals surface area contributed by atoms with E-state index in [2.05, 4.69) is 72.8 Å². The van der Waals surface area contributed by atoms with Crippen molar-refractivity contribution in [2.24, 2.45) is 0 Å². The number of rotatable bonds is 9. The van der Waals surface area contributed by atoms with Crippen LogP contribution >= 0.6 is 0 Å². The molecule has 4 aromatic carbocycles. The molecule has 162 valence electrons. The average Bonchev–Trinajstić information content (AvgIpc) is 2.88. The first-order valence-electron chi connectivity index (χ1n) is 10.8. The summed E-state index contributed by atoms with van der Waals surface area (Å²) >= 11 is 0. The van der Waals surface area contributed by atoms with E-state index < -0.39 is 5.60 Å². The van der Waals surface area contributed by atoms with Gasteiger partial charge in [-0.05, 0) is 52.9 Å². The zero-order chi connectivity index (χ0) is 22.2. The molecule has 0 unspecified atom stereocenters. The molecule has 0 aliphatic rings. The molecule has 0 N–H and O–H groups in total. The van der Waals surface area contributed by atoms with Gasteiger partial charge in [-0.3, -0.25) is 0 Å². The van der Waals surface area contributed by atoms with E-state index >= 15 is 0 Å². The van der Waals surface area contributed by atoms with E-state index in [0.717, 1.165) is 34.6 Å².